The Morgan fingerprint density at radius 3 is 2.67 bits per heavy atom. The second kappa shape index (κ2) is 3.34. The zero-order valence-electron chi connectivity index (χ0n) is 6.40. The van der Waals surface area contributed by atoms with Gasteiger partial charge in [-0.2, -0.15) is 0 Å². The van der Waals surface area contributed by atoms with E-state index >= 15 is 0 Å². The largest absolute Gasteiger partial charge is 0.480 e. The van der Waals surface area contributed by atoms with Gasteiger partial charge < -0.3 is 10.0 Å². The first kappa shape index (κ1) is 8.70. The summed E-state index contributed by atoms with van der Waals surface area (Å²) in [6, 6.07) is -0.803. The van der Waals surface area contributed by atoms with E-state index in [1.165, 1.54) is 0 Å². The number of hydrogen-bond acceptors (Lipinski definition) is 3. The number of aliphatic carboxylic acids is 1. The maximum atomic E-state index is 10.8. The minimum atomic E-state index is -1.04. The Bertz CT molecular complexity index is 225. The van der Waals surface area contributed by atoms with Crippen molar-refractivity contribution in [1.29, 1.82) is 0 Å². The molecule has 1 rings (SSSR count). The number of rotatable bonds is 2. The van der Waals surface area contributed by atoms with Crippen molar-refractivity contribution in [3.8, 4) is 0 Å². The Balaban J connectivity index is 2.69. The predicted octanol–water partition coefficient (Wildman–Crippen LogP) is -0.739. The smallest absolute Gasteiger partial charge is 0.326 e. The summed E-state index contributed by atoms with van der Waals surface area (Å²) in [6.07, 6.45) is 1.24. The van der Waals surface area contributed by atoms with Crippen LogP contribution in [0, 0.1) is 0 Å². The van der Waals surface area contributed by atoms with Crippen LogP contribution in [0.1, 0.15) is 12.8 Å². The number of amides is 1. The molecular formula is C7H9NO4. The third-order valence-electron chi connectivity index (χ3n) is 1.92. The average molecular weight is 171 g/mol. The van der Waals surface area contributed by atoms with E-state index in [0.717, 1.165) is 4.90 Å². The molecule has 0 aliphatic carbocycles. The molecule has 0 aromatic heterocycles. The van der Waals surface area contributed by atoms with E-state index < -0.39 is 17.9 Å². The van der Waals surface area contributed by atoms with Crippen LogP contribution in [0.3, 0.4) is 0 Å². The van der Waals surface area contributed by atoms with Crippen LogP contribution >= 0.6 is 0 Å². The van der Waals surface area contributed by atoms with Gasteiger partial charge in [-0.1, -0.05) is 0 Å². The Hall–Kier alpha value is -1.39. The van der Waals surface area contributed by atoms with E-state index in [2.05, 4.69) is 0 Å². The second-order valence-corrected chi connectivity index (χ2v) is 2.65. The highest BCUT2D eigenvalue weighted by Gasteiger charge is 2.33. The molecule has 0 aromatic rings. The molecule has 0 aromatic carbocycles. The predicted molar refractivity (Wildman–Crippen MR) is 38.4 cm³/mol. The normalized spacial score (nSPS) is 22.3. The number of likely N-dealkylation sites (tertiary alicyclic amines) is 1. The zero-order valence-corrected chi connectivity index (χ0v) is 6.40. The molecular weight excluding hydrogens is 162 g/mol. The van der Waals surface area contributed by atoms with E-state index in [1.54, 1.807) is 0 Å². The molecule has 1 N–H and O–H groups in total. The maximum Gasteiger partial charge on any atom is 0.326 e. The lowest BCUT2D eigenvalue weighted by Crippen LogP contribution is -2.40. The van der Waals surface area contributed by atoms with Gasteiger partial charge in [0.15, 0.2) is 0 Å². The molecule has 1 aliphatic rings. The lowest BCUT2D eigenvalue weighted by molar-refractivity contribution is -0.149. The summed E-state index contributed by atoms with van der Waals surface area (Å²) >= 11 is 0. The molecule has 66 valence electrons. The highest BCUT2D eigenvalue weighted by atomic mass is 16.4. The van der Waals surface area contributed by atoms with Crippen molar-refractivity contribution in [2.24, 2.45) is 0 Å². The fourth-order valence-electron chi connectivity index (χ4n) is 1.35. The number of carbonyl (C=O) groups is 3. The summed E-state index contributed by atoms with van der Waals surface area (Å²) in [4.78, 5) is 32.5. The Kier molecular flexibility index (Phi) is 2.42. The minimum absolute atomic E-state index is 0.154. The molecule has 0 radical (unpaired) electrons. The van der Waals surface area contributed by atoms with Gasteiger partial charge in [0.25, 0.3) is 5.91 Å². The van der Waals surface area contributed by atoms with Crippen molar-refractivity contribution in [1.82, 2.24) is 4.90 Å². The number of carboxylic acids is 1. The summed E-state index contributed by atoms with van der Waals surface area (Å²) in [7, 11) is 0. The van der Waals surface area contributed by atoms with Gasteiger partial charge in [0.05, 0.1) is 0 Å². The first-order chi connectivity index (χ1) is 5.66. The van der Waals surface area contributed by atoms with E-state index in [9.17, 15) is 14.4 Å². The SMILES string of the molecule is O=CC(=O)N1CCC[C@H]1C(=O)O. The number of aldehydes is 1. The molecule has 1 amide bonds. The highest BCUT2D eigenvalue weighted by Crippen LogP contribution is 2.16. The summed E-state index contributed by atoms with van der Waals surface area (Å²) in [6.45, 7) is 0.370. The zero-order chi connectivity index (χ0) is 9.14. The number of hydrogen-bond donors (Lipinski definition) is 1. The van der Waals surface area contributed by atoms with Crippen LogP contribution in [0.4, 0.5) is 0 Å². The third kappa shape index (κ3) is 1.44. The van der Waals surface area contributed by atoms with E-state index in [-0.39, 0.29) is 6.29 Å². The lowest BCUT2D eigenvalue weighted by atomic mass is 10.2. The molecule has 0 spiro atoms. The van der Waals surface area contributed by atoms with Crippen LogP contribution in [0.2, 0.25) is 0 Å². The number of nitrogens with zero attached hydrogens (tertiary/aromatic N) is 1. The molecule has 0 saturated carbocycles. The third-order valence-corrected chi connectivity index (χ3v) is 1.92. The monoisotopic (exact) mass is 171 g/mol. The topological polar surface area (TPSA) is 74.7 Å². The van der Waals surface area contributed by atoms with Gasteiger partial charge in [-0.15, -0.1) is 0 Å². The highest BCUT2D eigenvalue weighted by molar-refractivity contribution is 6.24. The summed E-state index contributed by atoms with van der Waals surface area (Å²) < 4.78 is 0. The lowest BCUT2D eigenvalue weighted by Gasteiger charge is -2.17. The summed E-state index contributed by atoms with van der Waals surface area (Å²) in [5.74, 6) is -1.78. The summed E-state index contributed by atoms with van der Waals surface area (Å²) in [5, 5.41) is 8.62. The fourth-order valence-corrected chi connectivity index (χ4v) is 1.35. The van der Waals surface area contributed by atoms with Crippen molar-refractivity contribution in [3.05, 3.63) is 0 Å². The molecule has 1 saturated heterocycles. The van der Waals surface area contributed by atoms with Crippen LogP contribution in [-0.4, -0.2) is 40.8 Å². The standard InChI is InChI=1S/C7H9NO4/c9-4-6(10)8-3-1-2-5(8)7(11)12/h4-5H,1-3H2,(H,11,12)/t5-/m0/s1. The second-order valence-electron chi connectivity index (χ2n) is 2.65. The fraction of sp³-hybridized carbons (Fsp3) is 0.571. The number of carbonyl (C=O) groups excluding carboxylic acids is 2. The molecule has 0 bridgehead atoms. The van der Waals surface area contributed by atoms with Gasteiger partial charge in [0, 0.05) is 6.54 Å². The van der Waals surface area contributed by atoms with Gasteiger partial charge >= 0.3 is 5.97 Å². The molecule has 1 atom stereocenters. The Morgan fingerprint density at radius 2 is 2.17 bits per heavy atom. The molecule has 0 unspecified atom stereocenters. The number of carboxylic acid groups (broad SMARTS) is 1. The van der Waals surface area contributed by atoms with Crippen LogP contribution in [0.15, 0.2) is 0 Å². The molecule has 5 nitrogen and oxygen atoms in total. The van der Waals surface area contributed by atoms with Crippen molar-refractivity contribution in [2.75, 3.05) is 6.54 Å². The van der Waals surface area contributed by atoms with E-state index in [1.807, 2.05) is 0 Å². The van der Waals surface area contributed by atoms with Crippen LogP contribution in [0.5, 0.6) is 0 Å². The van der Waals surface area contributed by atoms with Gasteiger partial charge in [-0.3, -0.25) is 9.59 Å². The first-order valence-corrected chi connectivity index (χ1v) is 3.65. The molecule has 1 heterocycles. The van der Waals surface area contributed by atoms with Crippen molar-refractivity contribution in [3.63, 3.8) is 0 Å². The molecule has 1 fully saturated rings. The van der Waals surface area contributed by atoms with Crippen LogP contribution in [0.25, 0.3) is 0 Å². The van der Waals surface area contributed by atoms with Crippen molar-refractivity contribution >= 4 is 18.2 Å². The first-order valence-electron chi connectivity index (χ1n) is 3.65. The van der Waals surface area contributed by atoms with Crippen LogP contribution in [-0.2, 0) is 14.4 Å². The van der Waals surface area contributed by atoms with E-state index in [0.29, 0.717) is 19.4 Å². The minimum Gasteiger partial charge on any atom is -0.480 e. The van der Waals surface area contributed by atoms with Gasteiger partial charge in [-0.25, -0.2) is 4.79 Å². The van der Waals surface area contributed by atoms with Gasteiger partial charge in [-0.05, 0) is 12.8 Å². The van der Waals surface area contributed by atoms with E-state index in [4.69, 9.17) is 5.11 Å². The van der Waals surface area contributed by atoms with Gasteiger partial charge in [0.2, 0.25) is 6.29 Å². The Labute approximate surface area is 69.0 Å². The molecule has 12 heavy (non-hydrogen) atoms. The maximum absolute atomic E-state index is 10.8. The Morgan fingerprint density at radius 1 is 1.50 bits per heavy atom. The van der Waals surface area contributed by atoms with Crippen molar-refractivity contribution < 1.29 is 19.5 Å². The molecule has 5 heteroatoms. The quantitative estimate of drug-likeness (QED) is 0.438. The van der Waals surface area contributed by atoms with Crippen molar-refractivity contribution in [2.45, 2.75) is 18.9 Å². The van der Waals surface area contributed by atoms with Crippen LogP contribution < -0.4 is 0 Å². The van der Waals surface area contributed by atoms with Gasteiger partial charge in [0.1, 0.15) is 6.04 Å². The molecule has 1 aliphatic heterocycles. The average Bonchev–Trinajstić information content (AvgIpc) is 2.50. The summed E-state index contributed by atoms with van der Waals surface area (Å²) in [5.41, 5.74) is 0.